The highest BCUT2D eigenvalue weighted by atomic mass is 16.7. The van der Waals surface area contributed by atoms with Crippen molar-refractivity contribution in [3.05, 3.63) is 181 Å². The summed E-state index contributed by atoms with van der Waals surface area (Å²) in [6.07, 6.45) is 16.0. The van der Waals surface area contributed by atoms with Crippen LogP contribution in [0.3, 0.4) is 0 Å². The molecule has 6 rings (SSSR count). The van der Waals surface area contributed by atoms with Crippen LogP contribution in [0.2, 0.25) is 0 Å². The third-order valence-electron chi connectivity index (χ3n) is 9.53. The topological polar surface area (TPSA) is 21.7 Å². The van der Waals surface area contributed by atoms with Crippen molar-refractivity contribution < 1.29 is 9.31 Å². The smallest absolute Gasteiger partial charge is 0.399 e. The Balaban J connectivity index is 1.31. The molecule has 4 aromatic rings. The van der Waals surface area contributed by atoms with E-state index in [4.69, 9.17) is 9.31 Å². The van der Waals surface area contributed by atoms with Crippen molar-refractivity contribution >= 4 is 29.4 Å². The van der Waals surface area contributed by atoms with Gasteiger partial charge in [-0.1, -0.05) is 134 Å². The Morgan fingerprint density at radius 3 is 1.92 bits per heavy atom. The van der Waals surface area contributed by atoms with E-state index in [1.807, 2.05) is 12.1 Å². The molecule has 0 saturated carbocycles. The first-order valence-electron chi connectivity index (χ1n) is 16.7. The number of allylic oxidation sites excluding steroid dienone is 9. The minimum absolute atomic E-state index is 0.395. The molecule has 0 radical (unpaired) electrons. The van der Waals surface area contributed by atoms with Crippen LogP contribution < -0.4 is 10.4 Å². The number of rotatable bonds is 9. The van der Waals surface area contributed by atoms with Gasteiger partial charge in [0.15, 0.2) is 0 Å². The lowest BCUT2D eigenvalue weighted by atomic mass is 9.79. The van der Waals surface area contributed by atoms with Crippen molar-refractivity contribution in [2.45, 2.75) is 52.2 Å². The predicted octanol–water partition coefficient (Wildman–Crippen LogP) is 10.6. The van der Waals surface area contributed by atoms with Gasteiger partial charge in [-0.3, -0.25) is 0 Å². The highest BCUT2D eigenvalue weighted by Crippen LogP contribution is 2.37. The van der Waals surface area contributed by atoms with Crippen LogP contribution in [0.4, 0.5) is 5.69 Å². The minimum atomic E-state index is -0.414. The normalized spacial score (nSPS) is 17.2. The maximum atomic E-state index is 6.34. The van der Waals surface area contributed by atoms with Crippen LogP contribution in [-0.4, -0.2) is 18.3 Å². The summed E-state index contributed by atoms with van der Waals surface area (Å²) in [5, 5.41) is 0. The zero-order valence-electron chi connectivity index (χ0n) is 28.7. The third kappa shape index (κ3) is 7.16. The molecule has 1 aliphatic carbocycles. The van der Waals surface area contributed by atoms with Gasteiger partial charge in [0.05, 0.1) is 11.2 Å². The fourth-order valence-corrected chi connectivity index (χ4v) is 5.99. The van der Waals surface area contributed by atoms with E-state index in [0.717, 1.165) is 34.5 Å². The van der Waals surface area contributed by atoms with E-state index in [-0.39, 0.29) is 0 Å². The third-order valence-corrected chi connectivity index (χ3v) is 9.53. The fraction of sp³-hybridized carbons (Fsp3) is 0.182. The lowest BCUT2D eigenvalue weighted by Gasteiger charge is -2.32. The summed E-state index contributed by atoms with van der Waals surface area (Å²) < 4.78 is 12.7. The van der Waals surface area contributed by atoms with Crippen LogP contribution in [0.15, 0.2) is 170 Å². The van der Waals surface area contributed by atoms with Crippen LogP contribution in [-0.2, 0) is 9.31 Å². The Labute approximate surface area is 287 Å². The second kappa shape index (κ2) is 14.1. The van der Waals surface area contributed by atoms with E-state index >= 15 is 0 Å². The maximum absolute atomic E-state index is 6.34. The fourth-order valence-electron chi connectivity index (χ4n) is 5.99. The first kappa shape index (κ1) is 33.0. The van der Waals surface area contributed by atoms with Gasteiger partial charge in [-0.05, 0) is 97.8 Å². The van der Waals surface area contributed by atoms with Gasteiger partial charge in [-0.15, -0.1) is 0 Å². The molecule has 1 heterocycles. The van der Waals surface area contributed by atoms with Crippen LogP contribution >= 0.6 is 0 Å². The first-order valence-corrected chi connectivity index (χ1v) is 16.7. The Morgan fingerprint density at radius 1 is 0.708 bits per heavy atom. The largest absolute Gasteiger partial charge is 0.494 e. The van der Waals surface area contributed by atoms with Crippen molar-refractivity contribution in [1.29, 1.82) is 0 Å². The second-order valence-electron chi connectivity index (χ2n) is 13.3. The molecule has 1 fully saturated rings. The molecule has 4 heteroatoms. The van der Waals surface area contributed by atoms with E-state index in [1.54, 1.807) is 0 Å². The summed E-state index contributed by atoms with van der Waals surface area (Å²) >= 11 is 0. The van der Waals surface area contributed by atoms with Crippen molar-refractivity contribution in [1.82, 2.24) is 0 Å². The molecule has 0 unspecified atom stereocenters. The Hall–Kier alpha value is -4.90. The average Bonchev–Trinajstić information content (AvgIpc) is 3.23. The quantitative estimate of drug-likeness (QED) is 0.136. The van der Waals surface area contributed by atoms with Crippen molar-refractivity contribution in [2.24, 2.45) is 0 Å². The predicted molar refractivity (Wildman–Crippen MR) is 205 cm³/mol. The Bertz CT molecular complexity index is 1880. The summed E-state index contributed by atoms with van der Waals surface area (Å²) in [5.74, 6) is 0. The summed E-state index contributed by atoms with van der Waals surface area (Å²) in [5.41, 5.74) is 10.3. The minimum Gasteiger partial charge on any atom is -0.399 e. The molecule has 0 spiro atoms. The molecule has 2 aliphatic rings. The van der Waals surface area contributed by atoms with Crippen LogP contribution in [0.5, 0.6) is 0 Å². The van der Waals surface area contributed by atoms with Gasteiger partial charge >= 0.3 is 7.12 Å². The molecular formula is C44H44BNO2. The van der Waals surface area contributed by atoms with Crippen LogP contribution in [0.25, 0.3) is 22.3 Å². The summed E-state index contributed by atoms with van der Waals surface area (Å²) in [7, 11) is -0.414. The summed E-state index contributed by atoms with van der Waals surface area (Å²) in [6, 6.07) is 38.2. The molecule has 0 bridgehead atoms. The number of anilines is 1. The monoisotopic (exact) mass is 629 g/mol. The van der Waals surface area contributed by atoms with E-state index in [9.17, 15) is 0 Å². The lowest BCUT2D eigenvalue weighted by molar-refractivity contribution is 0.00578. The van der Waals surface area contributed by atoms with Crippen LogP contribution in [0.1, 0.15) is 52.2 Å². The molecule has 0 N–H and O–H groups in total. The van der Waals surface area contributed by atoms with Crippen LogP contribution in [0, 0.1) is 0 Å². The molecule has 4 aromatic carbocycles. The standard InChI is InChI=1S/C44H44BNO2/c1-7-34(35-15-10-8-11-16-35)22-21-33(2)46(42-31-28-40(29-32-42)45-47-43(3,4)44(5,6)48-45)41-20-14-19-37(27-30-41)39-25-23-38(24-26-39)36-17-12-9-13-18-36/h7-19,21-32H,2,20H2,1,3-6H3/b22-21-,34-7+. The molecular weight excluding hydrogens is 585 g/mol. The lowest BCUT2D eigenvalue weighted by Crippen LogP contribution is -2.41. The molecule has 3 nitrogen and oxygen atoms in total. The number of benzene rings is 4. The molecule has 0 amide bonds. The molecule has 1 aliphatic heterocycles. The van der Waals surface area contributed by atoms with E-state index in [0.29, 0.717) is 0 Å². The Morgan fingerprint density at radius 2 is 1.29 bits per heavy atom. The van der Waals surface area contributed by atoms with Crippen molar-refractivity contribution in [3.63, 3.8) is 0 Å². The first-order chi connectivity index (χ1) is 23.1. The number of hydrogen-bond acceptors (Lipinski definition) is 3. The van der Waals surface area contributed by atoms with Gasteiger partial charge in [0.2, 0.25) is 0 Å². The maximum Gasteiger partial charge on any atom is 0.494 e. The van der Waals surface area contributed by atoms with Crippen molar-refractivity contribution in [2.75, 3.05) is 4.90 Å². The number of nitrogens with zero attached hydrogens (tertiary/aromatic N) is 1. The van der Waals surface area contributed by atoms with Crippen molar-refractivity contribution in [3.8, 4) is 11.1 Å². The highest BCUT2D eigenvalue weighted by Gasteiger charge is 2.51. The van der Waals surface area contributed by atoms with Gasteiger partial charge in [-0.25, -0.2) is 0 Å². The molecule has 1 saturated heterocycles. The zero-order valence-corrected chi connectivity index (χ0v) is 28.7. The van der Waals surface area contributed by atoms with E-state index in [1.165, 1.54) is 27.8 Å². The van der Waals surface area contributed by atoms with Gasteiger partial charge in [0, 0.05) is 23.5 Å². The van der Waals surface area contributed by atoms with Gasteiger partial charge in [-0.2, -0.15) is 0 Å². The zero-order chi connectivity index (χ0) is 33.7. The molecule has 0 atom stereocenters. The molecule has 240 valence electrons. The average molecular weight is 630 g/mol. The number of hydrogen-bond donors (Lipinski definition) is 0. The summed E-state index contributed by atoms with van der Waals surface area (Å²) in [4.78, 5) is 2.24. The molecule has 0 aromatic heterocycles. The van der Waals surface area contributed by atoms with Gasteiger partial charge < -0.3 is 14.2 Å². The van der Waals surface area contributed by atoms with Gasteiger partial charge in [0.25, 0.3) is 0 Å². The summed E-state index contributed by atoms with van der Waals surface area (Å²) in [6.45, 7) is 15.0. The second-order valence-corrected chi connectivity index (χ2v) is 13.3. The van der Waals surface area contributed by atoms with Gasteiger partial charge in [0.1, 0.15) is 0 Å². The van der Waals surface area contributed by atoms with E-state index < -0.39 is 18.3 Å². The SMILES string of the molecule is C=C(/C=C\C(=C/C)c1ccccc1)N(C1=CC=C(c2ccc(-c3ccccc3)cc2)C=CC1)c1ccc(B2OC(C)(C)C(C)(C)O2)cc1. The molecule has 48 heavy (non-hydrogen) atoms. The Kier molecular flexibility index (Phi) is 9.68. The van der Waals surface area contributed by atoms with E-state index in [2.05, 4.69) is 186 Å². The highest BCUT2D eigenvalue weighted by molar-refractivity contribution is 6.62.